The van der Waals surface area contributed by atoms with E-state index in [0.717, 1.165) is 15.1 Å². The molecule has 0 unspecified atom stereocenters. The minimum absolute atomic E-state index is 0.124. The lowest BCUT2D eigenvalue weighted by molar-refractivity contribution is 0.560. The molecule has 0 saturated heterocycles. The number of hydrogen-bond donors (Lipinski definition) is 0. The predicted octanol–water partition coefficient (Wildman–Crippen LogP) is 5.62. The third kappa shape index (κ3) is 4.41. The molecule has 0 saturated carbocycles. The summed E-state index contributed by atoms with van der Waals surface area (Å²) in [6, 6.07) is 6.37. The van der Waals surface area contributed by atoms with Crippen LogP contribution < -0.4 is 0 Å². The van der Waals surface area contributed by atoms with Crippen molar-refractivity contribution >= 4 is 39.3 Å². The molecule has 0 amide bonds. The van der Waals surface area contributed by atoms with Gasteiger partial charge in [-0.2, -0.15) is 0 Å². The van der Waals surface area contributed by atoms with Gasteiger partial charge in [-0.15, -0.1) is 11.8 Å². The van der Waals surface area contributed by atoms with Gasteiger partial charge in [-0.1, -0.05) is 32.4 Å². The summed E-state index contributed by atoms with van der Waals surface area (Å²) in [7, 11) is 0. The van der Waals surface area contributed by atoms with Crippen LogP contribution >= 0.6 is 39.3 Å². The molecule has 2 aromatic rings. The molecule has 21 heavy (non-hydrogen) atoms. The number of hydrogen-bond acceptors (Lipinski definition) is 3. The highest BCUT2D eigenvalue weighted by Crippen LogP contribution is 2.33. The van der Waals surface area contributed by atoms with E-state index in [0.29, 0.717) is 16.7 Å². The second kappa shape index (κ2) is 6.63. The first-order chi connectivity index (χ1) is 9.77. The van der Waals surface area contributed by atoms with Gasteiger partial charge in [-0.25, -0.2) is 14.4 Å². The molecule has 0 radical (unpaired) electrons. The average molecular weight is 390 g/mol. The summed E-state index contributed by atoms with van der Waals surface area (Å²) in [5.41, 5.74) is 0.762. The Balaban J connectivity index is 2.21. The lowest BCUT2D eigenvalue weighted by Crippen LogP contribution is -2.16. The fraction of sp³-hybridized carbons (Fsp3) is 0.333. The van der Waals surface area contributed by atoms with Crippen molar-refractivity contribution in [2.45, 2.75) is 36.8 Å². The van der Waals surface area contributed by atoms with E-state index in [4.69, 9.17) is 11.6 Å². The molecule has 0 atom stereocenters. The predicted molar refractivity (Wildman–Crippen MR) is 89.4 cm³/mol. The molecule has 1 aromatic carbocycles. The second-order valence-electron chi connectivity index (χ2n) is 5.59. The molecule has 6 heteroatoms. The van der Waals surface area contributed by atoms with Crippen molar-refractivity contribution in [2.75, 3.05) is 0 Å². The Morgan fingerprint density at radius 2 is 1.81 bits per heavy atom. The number of thioether (sulfide) groups is 1. The van der Waals surface area contributed by atoms with Gasteiger partial charge in [-0.3, -0.25) is 0 Å². The first-order valence-electron chi connectivity index (χ1n) is 6.38. The van der Waals surface area contributed by atoms with E-state index < -0.39 is 0 Å². The van der Waals surface area contributed by atoms with Gasteiger partial charge < -0.3 is 0 Å². The first kappa shape index (κ1) is 16.7. The maximum absolute atomic E-state index is 12.9. The Bertz CT molecular complexity index is 641. The quantitative estimate of drug-likeness (QED) is 0.503. The largest absolute Gasteiger partial charge is 0.235 e. The van der Waals surface area contributed by atoms with Gasteiger partial charge in [0.1, 0.15) is 16.8 Å². The molecule has 0 fully saturated rings. The number of rotatable bonds is 3. The maximum Gasteiger partial charge on any atom is 0.147 e. The van der Waals surface area contributed by atoms with Gasteiger partial charge in [0, 0.05) is 10.3 Å². The van der Waals surface area contributed by atoms with E-state index in [1.54, 1.807) is 23.9 Å². The summed E-state index contributed by atoms with van der Waals surface area (Å²) >= 11 is 11.2. The van der Waals surface area contributed by atoms with E-state index in [9.17, 15) is 4.39 Å². The fourth-order valence-electron chi connectivity index (χ4n) is 1.70. The van der Waals surface area contributed by atoms with E-state index in [-0.39, 0.29) is 11.2 Å². The van der Waals surface area contributed by atoms with Crippen molar-refractivity contribution in [3.8, 4) is 0 Å². The van der Waals surface area contributed by atoms with Crippen molar-refractivity contribution < 1.29 is 4.39 Å². The van der Waals surface area contributed by atoms with E-state index in [1.807, 2.05) is 0 Å². The van der Waals surface area contributed by atoms with Crippen molar-refractivity contribution in [1.82, 2.24) is 9.97 Å². The van der Waals surface area contributed by atoms with Crippen molar-refractivity contribution in [3.05, 3.63) is 51.2 Å². The van der Waals surface area contributed by atoms with E-state index in [1.165, 1.54) is 12.1 Å². The molecular weight excluding hydrogens is 375 g/mol. The Morgan fingerprint density at radius 3 is 2.38 bits per heavy atom. The zero-order chi connectivity index (χ0) is 15.6. The number of nitrogens with zero attached hydrogens (tertiary/aromatic N) is 2. The summed E-state index contributed by atoms with van der Waals surface area (Å²) < 4.78 is 13.6. The number of halogens is 3. The van der Waals surface area contributed by atoms with Crippen LogP contribution in [0, 0.1) is 5.82 Å². The van der Waals surface area contributed by atoms with Crippen molar-refractivity contribution in [2.24, 2.45) is 0 Å². The number of benzene rings is 1. The van der Waals surface area contributed by atoms with Gasteiger partial charge in [0.15, 0.2) is 0 Å². The van der Waals surface area contributed by atoms with Crippen LogP contribution in [0.4, 0.5) is 4.39 Å². The molecule has 0 spiro atoms. The Hall–Kier alpha value is -0.650. The molecule has 0 N–H and O–H groups in total. The normalized spacial score (nSPS) is 11.7. The molecule has 1 heterocycles. The molecule has 2 rings (SSSR count). The Kier molecular flexibility index (Phi) is 5.28. The molecular formula is C15H15BrClFN2S. The topological polar surface area (TPSA) is 25.8 Å². The summed E-state index contributed by atoms with van der Waals surface area (Å²) in [6.07, 6.45) is 0. The van der Waals surface area contributed by atoms with Crippen LogP contribution in [0.3, 0.4) is 0 Å². The van der Waals surface area contributed by atoms with Crippen LogP contribution in [-0.4, -0.2) is 9.97 Å². The lowest BCUT2D eigenvalue weighted by Gasteiger charge is -2.20. The third-order valence-corrected chi connectivity index (χ3v) is 5.01. The fourth-order valence-corrected chi connectivity index (χ4v) is 3.42. The summed E-state index contributed by atoms with van der Waals surface area (Å²) in [4.78, 5) is 9.86. The molecule has 1 aromatic heterocycles. The molecule has 0 aliphatic rings. The van der Waals surface area contributed by atoms with Crippen LogP contribution in [-0.2, 0) is 11.2 Å². The van der Waals surface area contributed by atoms with Crippen LogP contribution in [0.1, 0.15) is 32.3 Å². The Labute approximate surface area is 141 Å². The average Bonchev–Trinajstić information content (AvgIpc) is 2.40. The zero-order valence-corrected chi connectivity index (χ0v) is 15.1. The van der Waals surface area contributed by atoms with E-state index >= 15 is 0 Å². The summed E-state index contributed by atoms with van der Waals surface area (Å²) in [6.45, 7) is 6.23. The van der Waals surface area contributed by atoms with Crippen LogP contribution in [0.2, 0.25) is 5.15 Å². The van der Waals surface area contributed by atoms with Crippen LogP contribution in [0.25, 0.3) is 0 Å². The van der Waals surface area contributed by atoms with Crippen molar-refractivity contribution in [1.29, 1.82) is 0 Å². The molecule has 2 nitrogen and oxygen atoms in total. The monoisotopic (exact) mass is 388 g/mol. The smallest absolute Gasteiger partial charge is 0.147 e. The molecule has 0 aliphatic heterocycles. The first-order valence-corrected chi connectivity index (χ1v) is 8.54. The summed E-state index contributed by atoms with van der Waals surface area (Å²) in [5.74, 6) is 1.02. The molecule has 112 valence electrons. The van der Waals surface area contributed by atoms with Crippen LogP contribution in [0.5, 0.6) is 0 Å². The van der Waals surface area contributed by atoms with Gasteiger partial charge >= 0.3 is 0 Å². The highest BCUT2D eigenvalue weighted by Gasteiger charge is 2.22. The number of aromatic nitrogens is 2. The maximum atomic E-state index is 12.9. The van der Waals surface area contributed by atoms with Crippen LogP contribution in [0.15, 0.2) is 33.6 Å². The zero-order valence-electron chi connectivity index (χ0n) is 12.0. The van der Waals surface area contributed by atoms with Crippen molar-refractivity contribution in [3.63, 3.8) is 0 Å². The van der Waals surface area contributed by atoms with Gasteiger partial charge in [0.05, 0.1) is 15.9 Å². The minimum atomic E-state index is -0.239. The third-order valence-electron chi connectivity index (χ3n) is 2.75. The standard InChI is InChI=1S/C15H15BrClFN2S/c1-15(2,3)13-12(16)14(17)20-11(19-13)8-21-10-6-4-9(18)5-7-10/h4-7H,8H2,1-3H3. The minimum Gasteiger partial charge on any atom is -0.235 e. The van der Waals surface area contributed by atoms with Gasteiger partial charge in [0.25, 0.3) is 0 Å². The Morgan fingerprint density at radius 1 is 1.19 bits per heavy atom. The van der Waals surface area contributed by atoms with Gasteiger partial charge in [-0.05, 0) is 40.2 Å². The van der Waals surface area contributed by atoms with Gasteiger partial charge in [0.2, 0.25) is 0 Å². The van der Waals surface area contributed by atoms with E-state index in [2.05, 4.69) is 46.7 Å². The second-order valence-corrected chi connectivity index (χ2v) is 7.79. The highest BCUT2D eigenvalue weighted by molar-refractivity contribution is 9.10. The highest BCUT2D eigenvalue weighted by atomic mass is 79.9. The lowest BCUT2D eigenvalue weighted by atomic mass is 9.92. The summed E-state index contributed by atoms with van der Waals surface area (Å²) in [5, 5.41) is 0.421. The SMILES string of the molecule is CC(C)(C)c1nc(CSc2ccc(F)cc2)nc(Cl)c1Br. The molecule has 0 bridgehead atoms. The molecule has 0 aliphatic carbocycles.